The Hall–Kier alpha value is -1.39. The molecule has 1 N–H and O–H groups in total. The second-order valence-corrected chi connectivity index (χ2v) is 6.29. The molecule has 0 aliphatic carbocycles. The molecule has 2 saturated heterocycles. The number of carbonyl (C=O) groups excluding carboxylic acids is 1. The lowest BCUT2D eigenvalue weighted by Gasteiger charge is -2.27. The van der Waals surface area contributed by atoms with Crippen LogP contribution < -0.4 is 5.32 Å². The van der Waals surface area contributed by atoms with Gasteiger partial charge in [-0.05, 0) is 29.9 Å². The van der Waals surface area contributed by atoms with Gasteiger partial charge in [-0.3, -0.25) is 10.1 Å². The molecular weight excluding hydrogens is 264 g/mol. The van der Waals surface area contributed by atoms with E-state index in [1.807, 2.05) is 4.90 Å². The molecule has 2 unspecified atom stereocenters. The Kier molecular flexibility index (Phi) is 4.27. The van der Waals surface area contributed by atoms with E-state index in [-0.39, 0.29) is 18.2 Å². The van der Waals surface area contributed by atoms with Gasteiger partial charge in [-0.1, -0.05) is 38.1 Å². The largest absolute Gasteiger partial charge is 0.376 e. The van der Waals surface area contributed by atoms with Gasteiger partial charge in [-0.15, -0.1) is 0 Å². The Balaban J connectivity index is 1.74. The van der Waals surface area contributed by atoms with Crippen molar-refractivity contribution in [3.8, 4) is 0 Å². The number of benzene rings is 1. The summed E-state index contributed by atoms with van der Waals surface area (Å²) in [6.07, 6.45) is 2.35. The summed E-state index contributed by atoms with van der Waals surface area (Å²) in [6, 6.07) is 8.59. The number of carbonyl (C=O) groups is 1. The van der Waals surface area contributed by atoms with Crippen LogP contribution in [0.5, 0.6) is 0 Å². The molecule has 0 saturated carbocycles. The maximum atomic E-state index is 12.1. The second kappa shape index (κ2) is 6.16. The molecule has 21 heavy (non-hydrogen) atoms. The number of hydrogen-bond acceptors (Lipinski definition) is 3. The first-order valence-corrected chi connectivity index (χ1v) is 7.89. The smallest absolute Gasteiger partial charge is 0.238 e. The zero-order chi connectivity index (χ0) is 14.8. The maximum absolute atomic E-state index is 12.1. The zero-order valence-corrected chi connectivity index (χ0v) is 12.8. The first-order chi connectivity index (χ1) is 10.1. The number of ether oxygens (including phenoxy) is 1. The van der Waals surface area contributed by atoms with Crippen molar-refractivity contribution in [2.24, 2.45) is 0 Å². The van der Waals surface area contributed by atoms with Crippen molar-refractivity contribution in [1.29, 1.82) is 0 Å². The van der Waals surface area contributed by atoms with E-state index in [1.54, 1.807) is 0 Å². The highest BCUT2D eigenvalue weighted by atomic mass is 16.5. The van der Waals surface area contributed by atoms with Crippen molar-refractivity contribution in [3.63, 3.8) is 0 Å². The summed E-state index contributed by atoms with van der Waals surface area (Å²) in [5.74, 6) is 0.698. The van der Waals surface area contributed by atoms with Crippen LogP contribution in [-0.2, 0) is 9.53 Å². The van der Waals surface area contributed by atoms with E-state index in [9.17, 15) is 4.79 Å². The third-order valence-corrected chi connectivity index (χ3v) is 4.42. The van der Waals surface area contributed by atoms with Gasteiger partial charge in [0, 0.05) is 13.2 Å². The van der Waals surface area contributed by atoms with Gasteiger partial charge in [0.05, 0.1) is 12.6 Å². The predicted molar refractivity (Wildman–Crippen MR) is 82.0 cm³/mol. The van der Waals surface area contributed by atoms with Gasteiger partial charge in [0.15, 0.2) is 0 Å². The Morgan fingerprint density at radius 1 is 1.33 bits per heavy atom. The molecule has 2 heterocycles. The second-order valence-electron chi connectivity index (χ2n) is 6.29. The van der Waals surface area contributed by atoms with Gasteiger partial charge < -0.3 is 9.64 Å². The lowest BCUT2D eigenvalue weighted by molar-refractivity contribution is -0.129. The summed E-state index contributed by atoms with van der Waals surface area (Å²) in [5.41, 5.74) is 2.48. The van der Waals surface area contributed by atoms with E-state index in [4.69, 9.17) is 4.74 Å². The number of hydrogen-bond donors (Lipinski definition) is 1. The van der Waals surface area contributed by atoms with E-state index in [1.165, 1.54) is 5.56 Å². The number of nitrogens with one attached hydrogen (secondary N) is 1. The molecule has 3 rings (SSSR count). The molecule has 114 valence electrons. The van der Waals surface area contributed by atoms with Crippen LogP contribution in [0.3, 0.4) is 0 Å². The molecule has 4 heteroatoms. The van der Waals surface area contributed by atoms with Crippen LogP contribution in [-0.4, -0.2) is 36.6 Å². The van der Waals surface area contributed by atoms with Crippen molar-refractivity contribution in [1.82, 2.24) is 10.2 Å². The van der Waals surface area contributed by atoms with Crippen LogP contribution in [0.15, 0.2) is 24.3 Å². The lowest BCUT2D eigenvalue weighted by Crippen LogP contribution is -2.36. The summed E-state index contributed by atoms with van der Waals surface area (Å²) in [4.78, 5) is 14.1. The van der Waals surface area contributed by atoms with E-state index in [0.29, 0.717) is 19.0 Å². The monoisotopic (exact) mass is 288 g/mol. The van der Waals surface area contributed by atoms with Gasteiger partial charge in [-0.2, -0.15) is 0 Å². The summed E-state index contributed by atoms with van der Waals surface area (Å²) in [6.45, 7) is 6.33. The van der Waals surface area contributed by atoms with Crippen LogP contribution >= 0.6 is 0 Å². The van der Waals surface area contributed by atoms with E-state index in [2.05, 4.69) is 43.4 Å². The molecule has 2 aliphatic heterocycles. The van der Waals surface area contributed by atoms with Gasteiger partial charge in [-0.25, -0.2) is 0 Å². The quantitative estimate of drug-likeness (QED) is 0.925. The van der Waals surface area contributed by atoms with Gasteiger partial charge in [0.1, 0.15) is 6.17 Å². The van der Waals surface area contributed by atoms with Crippen LogP contribution in [0.25, 0.3) is 0 Å². The Morgan fingerprint density at radius 2 is 2.10 bits per heavy atom. The van der Waals surface area contributed by atoms with Crippen molar-refractivity contribution in [3.05, 3.63) is 35.4 Å². The Labute approximate surface area is 126 Å². The maximum Gasteiger partial charge on any atom is 0.238 e. The topological polar surface area (TPSA) is 41.6 Å². The van der Waals surface area contributed by atoms with E-state index in [0.717, 1.165) is 25.0 Å². The first kappa shape index (κ1) is 14.5. The fourth-order valence-electron chi connectivity index (χ4n) is 3.12. The fourth-order valence-corrected chi connectivity index (χ4v) is 3.12. The lowest BCUT2D eigenvalue weighted by atomic mass is 10.0. The van der Waals surface area contributed by atoms with Crippen LogP contribution in [0.4, 0.5) is 0 Å². The molecule has 2 atom stereocenters. The molecule has 1 amide bonds. The number of rotatable bonds is 4. The van der Waals surface area contributed by atoms with Crippen molar-refractivity contribution >= 4 is 5.91 Å². The molecule has 0 bridgehead atoms. The summed E-state index contributed by atoms with van der Waals surface area (Å²) in [5, 5.41) is 3.32. The fraction of sp³-hybridized carbons (Fsp3) is 0.588. The minimum absolute atomic E-state index is 0.0112. The highest BCUT2D eigenvalue weighted by Gasteiger charge is 2.34. The molecule has 4 nitrogen and oxygen atoms in total. The predicted octanol–water partition coefficient (Wildman–Crippen LogP) is 2.42. The molecular formula is C17H24N2O2. The summed E-state index contributed by atoms with van der Waals surface area (Å²) < 4.78 is 5.68. The molecule has 2 fully saturated rings. The third-order valence-electron chi connectivity index (χ3n) is 4.42. The molecule has 0 spiro atoms. The third kappa shape index (κ3) is 3.11. The van der Waals surface area contributed by atoms with Crippen molar-refractivity contribution < 1.29 is 9.53 Å². The van der Waals surface area contributed by atoms with Gasteiger partial charge in [0.25, 0.3) is 0 Å². The Bertz CT molecular complexity index is 492. The first-order valence-electron chi connectivity index (χ1n) is 7.89. The summed E-state index contributed by atoms with van der Waals surface area (Å²) >= 11 is 0. The standard InChI is InChI=1S/C17H24N2O2/c1-12(2)13-5-7-14(8-6-13)17-18-10-16(20)19(17)11-15-4-3-9-21-15/h5-8,12,15,17-18H,3-4,9-11H2,1-2H3. The van der Waals surface area contributed by atoms with Crippen LogP contribution in [0, 0.1) is 0 Å². The highest BCUT2D eigenvalue weighted by molar-refractivity contribution is 5.81. The van der Waals surface area contributed by atoms with E-state index < -0.39 is 0 Å². The minimum Gasteiger partial charge on any atom is -0.376 e. The van der Waals surface area contributed by atoms with Crippen molar-refractivity contribution in [2.75, 3.05) is 19.7 Å². The molecule has 1 aromatic rings. The van der Waals surface area contributed by atoms with Crippen molar-refractivity contribution in [2.45, 2.75) is 44.9 Å². The van der Waals surface area contributed by atoms with Gasteiger partial charge >= 0.3 is 0 Å². The number of amides is 1. The molecule has 1 aromatic carbocycles. The molecule has 0 aromatic heterocycles. The average molecular weight is 288 g/mol. The average Bonchev–Trinajstić information content (AvgIpc) is 3.11. The normalized spacial score (nSPS) is 26.0. The van der Waals surface area contributed by atoms with Crippen LogP contribution in [0.2, 0.25) is 0 Å². The SMILES string of the molecule is CC(C)c1ccc(C2NCC(=O)N2CC2CCCO2)cc1. The highest BCUT2D eigenvalue weighted by Crippen LogP contribution is 2.26. The number of nitrogens with zero attached hydrogens (tertiary/aromatic N) is 1. The van der Waals surface area contributed by atoms with Crippen LogP contribution in [0.1, 0.15) is 49.9 Å². The van der Waals surface area contributed by atoms with E-state index >= 15 is 0 Å². The molecule has 0 radical (unpaired) electrons. The summed E-state index contributed by atoms with van der Waals surface area (Å²) in [7, 11) is 0. The Morgan fingerprint density at radius 3 is 2.71 bits per heavy atom. The minimum atomic E-state index is -0.0112. The zero-order valence-electron chi connectivity index (χ0n) is 12.8. The molecule has 2 aliphatic rings. The van der Waals surface area contributed by atoms with Gasteiger partial charge in [0.2, 0.25) is 5.91 Å².